The van der Waals surface area contributed by atoms with Gasteiger partial charge in [-0.2, -0.15) is 5.10 Å². The van der Waals surface area contributed by atoms with Crippen molar-refractivity contribution in [2.45, 2.75) is 26.3 Å². The summed E-state index contributed by atoms with van der Waals surface area (Å²) in [7, 11) is 2.95. The molecule has 0 aliphatic carbocycles. The normalized spacial score (nSPS) is 12.7. The second-order valence-electron chi connectivity index (χ2n) is 6.66. The van der Waals surface area contributed by atoms with E-state index in [-0.39, 0.29) is 11.6 Å². The smallest absolute Gasteiger partial charge is 0.336 e. The predicted octanol–water partition coefficient (Wildman–Crippen LogP) is 1.67. The van der Waals surface area contributed by atoms with Crippen molar-refractivity contribution >= 4 is 29.2 Å². The fraction of sp³-hybridized carbons (Fsp3) is 0.316. The van der Waals surface area contributed by atoms with Crippen LogP contribution in [-0.2, 0) is 14.1 Å². The predicted molar refractivity (Wildman–Crippen MR) is 105 cm³/mol. The van der Waals surface area contributed by atoms with Gasteiger partial charge < -0.3 is 9.67 Å². The summed E-state index contributed by atoms with van der Waals surface area (Å²) < 4.78 is 4.01. The van der Waals surface area contributed by atoms with Crippen LogP contribution in [0.1, 0.15) is 47.9 Å². The molecule has 0 fully saturated rings. The largest absolute Gasteiger partial charge is 0.478 e. The molecule has 9 nitrogen and oxygen atoms in total. The fourth-order valence-corrected chi connectivity index (χ4v) is 2.92. The number of nitrogens with zero attached hydrogens (tertiary/aromatic N) is 5. The van der Waals surface area contributed by atoms with Crippen molar-refractivity contribution in [2.24, 2.45) is 14.1 Å². The lowest BCUT2D eigenvalue weighted by Crippen LogP contribution is -2.37. The summed E-state index contributed by atoms with van der Waals surface area (Å²) in [6.45, 7) is 3.99. The molecule has 1 atom stereocenters. The fourth-order valence-electron chi connectivity index (χ4n) is 2.92. The van der Waals surface area contributed by atoms with Gasteiger partial charge >= 0.3 is 11.7 Å². The lowest BCUT2D eigenvalue weighted by molar-refractivity contribution is 0.0699. The van der Waals surface area contributed by atoms with E-state index in [1.807, 2.05) is 13.8 Å². The summed E-state index contributed by atoms with van der Waals surface area (Å²) in [5.41, 5.74) is 0.371. The van der Waals surface area contributed by atoms with Gasteiger partial charge in [0.25, 0.3) is 5.56 Å². The molecule has 28 heavy (non-hydrogen) atoms. The third-order valence-corrected chi connectivity index (χ3v) is 4.73. The number of rotatable bonds is 5. The summed E-state index contributed by atoms with van der Waals surface area (Å²) in [4.78, 5) is 40.3. The summed E-state index contributed by atoms with van der Waals surface area (Å²) in [6, 6.07) is 1.50. The Morgan fingerprint density at radius 3 is 2.64 bits per heavy atom. The number of hydrogen-bond acceptors (Lipinski definition) is 5. The number of aromatic carboxylic acids is 1. The van der Waals surface area contributed by atoms with Gasteiger partial charge in [-0.3, -0.25) is 9.36 Å². The molecule has 0 saturated carbocycles. The number of pyridine rings is 1. The highest BCUT2D eigenvalue weighted by atomic mass is 16.4. The summed E-state index contributed by atoms with van der Waals surface area (Å²) in [5.74, 6) is -1.08. The van der Waals surface area contributed by atoms with Gasteiger partial charge in [-0.25, -0.2) is 19.3 Å². The molecule has 0 aromatic carbocycles. The highest BCUT2D eigenvalue weighted by Gasteiger charge is 2.17. The molecule has 9 heteroatoms. The van der Waals surface area contributed by atoms with Crippen LogP contribution in [0, 0.1) is 0 Å². The Morgan fingerprint density at radius 2 is 2.00 bits per heavy atom. The Labute approximate surface area is 160 Å². The lowest BCUT2D eigenvalue weighted by atomic mass is 10.1. The molecule has 3 aromatic heterocycles. The molecule has 0 bridgehead atoms. The Bertz CT molecular complexity index is 1220. The number of carboxylic acids is 1. The third-order valence-electron chi connectivity index (χ3n) is 4.73. The van der Waals surface area contributed by atoms with Crippen LogP contribution < -0.4 is 11.2 Å². The first-order valence-electron chi connectivity index (χ1n) is 8.80. The molecular weight excluding hydrogens is 362 g/mol. The maximum Gasteiger partial charge on any atom is 0.336 e. The quantitative estimate of drug-likeness (QED) is 0.717. The van der Waals surface area contributed by atoms with Gasteiger partial charge in [0.2, 0.25) is 0 Å². The van der Waals surface area contributed by atoms with Crippen LogP contribution in [0.4, 0.5) is 0 Å². The maximum absolute atomic E-state index is 12.3. The number of hydrogen-bond donors (Lipinski definition) is 1. The second kappa shape index (κ2) is 7.26. The first-order valence-corrected chi connectivity index (χ1v) is 8.80. The van der Waals surface area contributed by atoms with Crippen molar-refractivity contribution in [3.63, 3.8) is 0 Å². The summed E-state index contributed by atoms with van der Waals surface area (Å²) in [5, 5.41) is 14.3. The molecule has 3 rings (SSSR count). The van der Waals surface area contributed by atoms with Gasteiger partial charge in [0.15, 0.2) is 5.65 Å². The average Bonchev–Trinajstić information content (AvgIpc) is 3.10. The van der Waals surface area contributed by atoms with Crippen LogP contribution >= 0.6 is 0 Å². The van der Waals surface area contributed by atoms with Gasteiger partial charge in [-0.15, -0.1) is 0 Å². The molecule has 0 aliphatic heterocycles. The maximum atomic E-state index is 12.3. The van der Waals surface area contributed by atoms with Crippen LogP contribution in [0.5, 0.6) is 0 Å². The van der Waals surface area contributed by atoms with E-state index in [2.05, 4.69) is 10.1 Å². The van der Waals surface area contributed by atoms with E-state index in [1.54, 1.807) is 17.8 Å². The SMILES string of the molecule is CCC(C)n1ncc2c(C(=O)O)cc(/C=C/c3cn(C)c(=O)n(C)c3=O)nc21. The molecule has 0 radical (unpaired) electrons. The molecule has 3 heterocycles. The Hall–Kier alpha value is -3.49. The van der Waals surface area contributed by atoms with E-state index in [0.29, 0.717) is 22.3 Å². The molecule has 3 aromatic rings. The number of aryl methyl sites for hydroxylation is 1. The zero-order chi connectivity index (χ0) is 20.6. The highest BCUT2D eigenvalue weighted by molar-refractivity contribution is 6.02. The Morgan fingerprint density at radius 1 is 1.29 bits per heavy atom. The third kappa shape index (κ3) is 3.26. The first kappa shape index (κ1) is 19.3. The number of aromatic nitrogens is 5. The molecule has 0 amide bonds. The van der Waals surface area contributed by atoms with E-state index in [1.165, 1.54) is 36.2 Å². The van der Waals surface area contributed by atoms with E-state index >= 15 is 0 Å². The minimum absolute atomic E-state index is 0.0572. The second-order valence-corrected chi connectivity index (χ2v) is 6.66. The molecule has 0 saturated heterocycles. The lowest BCUT2D eigenvalue weighted by Gasteiger charge is -2.10. The topological polar surface area (TPSA) is 112 Å². The van der Waals surface area contributed by atoms with Crippen molar-refractivity contribution in [3.8, 4) is 0 Å². The van der Waals surface area contributed by atoms with Crippen LogP contribution in [-0.4, -0.2) is 35.0 Å². The molecule has 146 valence electrons. The van der Waals surface area contributed by atoms with Crippen LogP contribution in [0.3, 0.4) is 0 Å². The van der Waals surface area contributed by atoms with Gasteiger partial charge in [0, 0.05) is 20.3 Å². The summed E-state index contributed by atoms with van der Waals surface area (Å²) >= 11 is 0. The van der Waals surface area contributed by atoms with Crippen molar-refractivity contribution in [3.05, 3.63) is 56.1 Å². The zero-order valence-electron chi connectivity index (χ0n) is 16.1. The van der Waals surface area contributed by atoms with Crippen LogP contribution in [0.2, 0.25) is 0 Å². The number of fused-ring (bicyclic) bond motifs is 1. The Balaban J connectivity index is 2.16. The van der Waals surface area contributed by atoms with Gasteiger partial charge in [-0.05, 0) is 31.6 Å². The number of carbonyl (C=O) groups is 1. The van der Waals surface area contributed by atoms with Crippen molar-refractivity contribution in [1.82, 2.24) is 23.9 Å². The first-order chi connectivity index (χ1) is 13.2. The van der Waals surface area contributed by atoms with E-state index in [4.69, 9.17) is 0 Å². The molecule has 1 unspecified atom stereocenters. The van der Waals surface area contributed by atoms with Crippen molar-refractivity contribution in [1.29, 1.82) is 0 Å². The van der Waals surface area contributed by atoms with Crippen molar-refractivity contribution < 1.29 is 9.90 Å². The van der Waals surface area contributed by atoms with Gasteiger partial charge in [-0.1, -0.05) is 6.92 Å². The molecule has 0 aliphatic rings. The number of carboxylic acid groups (broad SMARTS) is 1. The molecule has 0 spiro atoms. The van der Waals surface area contributed by atoms with Crippen LogP contribution in [0.25, 0.3) is 23.2 Å². The van der Waals surface area contributed by atoms with Gasteiger partial charge in [0.1, 0.15) is 0 Å². The average molecular weight is 383 g/mol. The molecule has 1 N–H and O–H groups in total. The monoisotopic (exact) mass is 383 g/mol. The highest BCUT2D eigenvalue weighted by Crippen LogP contribution is 2.23. The van der Waals surface area contributed by atoms with E-state index < -0.39 is 17.2 Å². The van der Waals surface area contributed by atoms with Crippen LogP contribution in [0.15, 0.2) is 28.0 Å². The summed E-state index contributed by atoms with van der Waals surface area (Å²) in [6.07, 6.45) is 6.83. The van der Waals surface area contributed by atoms with E-state index in [9.17, 15) is 19.5 Å². The van der Waals surface area contributed by atoms with E-state index in [0.717, 1.165) is 11.0 Å². The molecular formula is C19H21N5O4. The minimum atomic E-state index is -1.08. The minimum Gasteiger partial charge on any atom is -0.478 e. The van der Waals surface area contributed by atoms with Crippen molar-refractivity contribution in [2.75, 3.05) is 0 Å². The zero-order valence-corrected chi connectivity index (χ0v) is 16.1. The Kier molecular flexibility index (Phi) is 5.00. The van der Waals surface area contributed by atoms with Gasteiger partial charge in [0.05, 0.1) is 34.4 Å². The standard InChI is InChI=1S/C19H21N5O4/c1-5-11(2)24-16-15(9-20-24)14(18(26)27)8-13(21-16)7-6-12-10-22(3)19(28)23(4)17(12)25/h6-11H,5H2,1-4H3,(H,26,27)/b7-6+.